The lowest BCUT2D eigenvalue weighted by atomic mass is 10.1. The Hall–Kier alpha value is -2.58. The van der Waals surface area contributed by atoms with Crippen molar-refractivity contribution < 1.29 is 0 Å². The molecular weight excluding hydrogens is 487 g/mol. The first kappa shape index (κ1) is 22.6. The summed E-state index contributed by atoms with van der Waals surface area (Å²) < 4.78 is 3.55. The smallest absolute Gasteiger partial charge is 0.177 e. The van der Waals surface area contributed by atoms with E-state index >= 15 is 0 Å². The van der Waals surface area contributed by atoms with Crippen molar-refractivity contribution in [1.29, 1.82) is 0 Å². The maximum absolute atomic E-state index is 6.32. The Labute approximate surface area is 206 Å². The molecule has 0 bridgehead atoms. The molecule has 0 aliphatic rings. The van der Waals surface area contributed by atoms with Crippen molar-refractivity contribution in [2.45, 2.75) is 20.0 Å². The van der Waals surface area contributed by atoms with E-state index in [0.717, 1.165) is 5.56 Å². The van der Waals surface area contributed by atoms with Gasteiger partial charge in [-0.25, -0.2) is 0 Å². The molecule has 0 radical (unpaired) electrons. The molecule has 0 amide bonds. The number of nitrogens with zero attached hydrogens (tertiary/aromatic N) is 4. The van der Waals surface area contributed by atoms with Gasteiger partial charge < -0.3 is 10.6 Å². The van der Waals surface area contributed by atoms with Crippen molar-refractivity contribution in [3.05, 3.63) is 92.7 Å². The number of benzene rings is 2. The van der Waals surface area contributed by atoms with E-state index < -0.39 is 0 Å². The summed E-state index contributed by atoms with van der Waals surface area (Å²) in [6.45, 7) is 3.25. The summed E-state index contributed by atoms with van der Waals surface area (Å²) in [4.78, 5) is 0. The molecule has 2 heterocycles. The predicted molar refractivity (Wildman–Crippen MR) is 135 cm³/mol. The van der Waals surface area contributed by atoms with E-state index in [0.29, 0.717) is 44.9 Å². The summed E-state index contributed by atoms with van der Waals surface area (Å²) in [5, 5.41) is 16.8. The maximum atomic E-state index is 6.32. The van der Waals surface area contributed by atoms with E-state index in [1.807, 2.05) is 35.1 Å². The first-order valence-corrected chi connectivity index (χ1v) is 11.2. The molecule has 2 aromatic carbocycles. The van der Waals surface area contributed by atoms with E-state index in [4.69, 9.17) is 47.0 Å². The summed E-state index contributed by atoms with van der Waals surface area (Å²) in [6.07, 6.45) is 3.61. The van der Waals surface area contributed by atoms with Crippen molar-refractivity contribution in [2.24, 2.45) is 0 Å². The van der Waals surface area contributed by atoms with Gasteiger partial charge in [-0.15, -0.1) is 0 Å². The van der Waals surface area contributed by atoms with Crippen LogP contribution in [0.25, 0.3) is 0 Å². The number of thiocarbonyl (C=S) groups is 1. The van der Waals surface area contributed by atoms with Gasteiger partial charge >= 0.3 is 0 Å². The summed E-state index contributed by atoms with van der Waals surface area (Å²) >= 11 is 23.8. The van der Waals surface area contributed by atoms with E-state index in [2.05, 4.69) is 39.9 Å². The molecule has 0 aliphatic heterocycles. The number of nitrogens with one attached hydrogen (secondary N) is 2. The number of halogens is 3. The molecule has 0 aliphatic carbocycles. The Morgan fingerprint density at radius 3 is 2.50 bits per heavy atom. The van der Waals surface area contributed by atoms with Gasteiger partial charge in [0.15, 0.2) is 16.7 Å². The summed E-state index contributed by atoms with van der Waals surface area (Å²) in [7, 11) is 0. The highest BCUT2D eigenvalue weighted by atomic mass is 35.5. The topological polar surface area (TPSA) is 59.7 Å². The predicted octanol–water partition coefficient (Wildman–Crippen LogP) is 6.25. The Bertz CT molecular complexity index is 1270. The zero-order chi connectivity index (χ0) is 22.7. The number of anilines is 2. The van der Waals surface area contributed by atoms with Gasteiger partial charge in [-0.3, -0.25) is 9.36 Å². The molecule has 0 saturated carbocycles. The molecule has 164 valence electrons. The van der Waals surface area contributed by atoms with Gasteiger partial charge in [-0.1, -0.05) is 65.1 Å². The molecule has 0 fully saturated rings. The highest BCUT2D eigenvalue weighted by Crippen LogP contribution is 2.24. The first-order valence-electron chi connectivity index (χ1n) is 9.70. The van der Waals surface area contributed by atoms with Crippen LogP contribution < -0.4 is 10.6 Å². The average Bonchev–Trinajstić information content (AvgIpc) is 3.32. The third kappa shape index (κ3) is 5.61. The second kappa shape index (κ2) is 9.92. The first-order chi connectivity index (χ1) is 15.4. The van der Waals surface area contributed by atoms with Crippen LogP contribution in [0.15, 0.2) is 60.9 Å². The molecule has 6 nitrogen and oxygen atoms in total. The van der Waals surface area contributed by atoms with Gasteiger partial charge in [-0.2, -0.15) is 10.2 Å². The highest BCUT2D eigenvalue weighted by Gasteiger charge is 2.11. The normalized spacial score (nSPS) is 10.9. The molecule has 10 heteroatoms. The van der Waals surface area contributed by atoms with Crippen molar-refractivity contribution in [2.75, 3.05) is 10.6 Å². The van der Waals surface area contributed by atoms with Crippen LogP contribution in [0.1, 0.15) is 16.7 Å². The van der Waals surface area contributed by atoms with Crippen LogP contribution in [0.3, 0.4) is 0 Å². The quantitative estimate of drug-likeness (QED) is 0.303. The molecule has 0 unspecified atom stereocenters. The van der Waals surface area contributed by atoms with Crippen LogP contribution >= 0.6 is 47.0 Å². The molecule has 0 saturated heterocycles. The van der Waals surface area contributed by atoms with E-state index in [9.17, 15) is 0 Å². The van der Waals surface area contributed by atoms with E-state index in [-0.39, 0.29) is 0 Å². The van der Waals surface area contributed by atoms with Gasteiger partial charge in [0.1, 0.15) is 5.02 Å². The zero-order valence-corrected chi connectivity index (χ0v) is 20.1. The van der Waals surface area contributed by atoms with Gasteiger partial charge in [-0.05, 0) is 48.0 Å². The lowest BCUT2D eigenvalue weighted by molar-refractivity contribution is 0.687. The average molecular weight is 506 g/mol. The largest absolute Gasteiger partial charge is 0.316 e. The minimum absolute atomic E-state index is 0.341. The molecule has 4 rings (SSSR count). The van der Waals surface area contributed by atoms with Gasteiger partial charge in [0.25, 0.3) is 0 Å². The molecule has 2 N–H and O–H groups in total. The number of hydrogen-bond acceptors (Lipinski definition) is 3. The zero-order valence-electron chi connectivity index (χ0n) is 17.0. The lowest BCUT2D eigenvalue weighted by Gasteiger charge is -2.07. The van der Waals surface area contributed by atoms with Gasteiger partial charge in [0.05, 0.1) is 23.1 Å². The minimum atomic E-state index is 0.341. The third-order valence-electron chi connectivity index (χ3n) is 4.75. The van der Waals surface area contributed by atoms with Gasteiger partial charge in [0.2, 0.25) is 0 Å². The van der Waals surface area contributed by atoms with Crippen LogP contribution in [0, 0.1) is 6.92 Å². The Morgan fingerprint density at radius 1 is 0.906 bits per heavy atom. The number of hydrogen-bond donors (Lipinski definition) is 2. The molecule has 32 heavy (non-hydrogen) atoms. The Kier molecular flexibility index (Phi) is 7.01. The minimum Gasteiger partial charge on any atom is -0.316 e. The molecule has 0 atom stereocenters. The lowest BCUT2D eigenvalue weighted by Crippen LogP contribution is -2.20. The summed E-state index contributed by atoms with van der Waals surface area (Å²) in [5.74, 6) is 1.08. The van der Waals surface area contributed by atoms with Gasteiger partial charge in [0, 0.05) is 18.5 Å². The number of rotatable bonds is 6. The SMILES string of the molecule is Cc1ccccc1Cn1ccc(NC(=S)Nc2nn(Cc3ccc(Cl)c(Cl)c3)cc2Cl)n1. The fraction of sp³-hybridized carbons (Fsp3) is 0.136. The van der Waals surface area contributed by atoms with Crippen LogP contribution in [-0.2, 0) is 13.1 Å². The molecular formula is C22H19Cl3N6S. The van der Waals surface area contributed by atoms with Crippen molar-refractivity contribution in [3.8, 4) is 0 Å². The third-order valence-corrected chi connectivity index (χ3v) is 5.97. The summed E-state index contributed by atoms with van der Waals surface area (Å²) in [6, 6.07) is 15.5. The fourth-order valence-electron chi connectivity index (χ4n) is 3.12. The second-order valence-corrected chi connectivity index (χ2v) is 8.81. The van der Waals surface area contributed by atoms with Crippen LogP contribution in [-0.4, -0.2) is 24.7 Å². The van der Waals surface area contributed by atoms with Crippen LogP contribution in [0.5, 0.6) is 0 Å². The molecule has 2 aromatic heterocycles. The Morgan fingerprint density at radius 2 is 1.72 bits per heavy atom. The maximum Gasteiger partial charge on any atom is 0.177 e. The van der Waals surface area contributed by atoms with Crippen LogP contribution in [0.4, 0.5) is 11.6 Å². The highest BCUT2D eigenvalue weighted by molar-refractivity contribution is 7.80. The van der Waals surface area contributed by atoms with E-state index in [1.165, 1.54) is 11.1 Å². The molecule has 0 spiro atoms. The van der Waals surface area contributed by atoms with Crippen molar-refractivity contribution in [3.63, 3.8) is 0 Å². The van der Waals surface area contributed by atoms with Crippen LogP contribution in [0.2, 0.25) is 15.1 Å². The number of aryl methyl sites for hydroxylation is 1. The monoisotopic (exact) mass is 504 g/mol. The van der Waals surface area contributed by atoms with Crippen molar-refractivity contribution >= 4 is 63.8 Å². The standard InChI is InChI=1S/C22H19Cl3N6S/c1-14-4-2-3-5-16(14)12-30-9-8-20(28-30)26-22(32)27-21-19(25)13-31(29-21)11-15-6-7-17(23)18(24)10-15/h2-10,13H,11-12H2,1H3,(H2,26,27,28,29,32). The summed E-state index contributed by atoms with van der Waals surface area (Å²) in [5.41, 5.74) is 3.38. The second-order valence-electron chi connectivity index (χ2n) is 7.18. The van der Waals surface area contributed by atoms with Crippen molar-refractivity contribution in [1.82, 2.24) is 19.6 Å². The Balaban J connectivity index is 1.37. The van der Waals surface area contributed by atoms with E-state index in [1.54, 1.807) is 23.0 Å². The fourth-order valence-corrected chi connectivity index (χ4v) is 3.84. The molecule has 4 aromatic rings. The number of aromatic nitrogens is 4.